The lowest BCUT2D eigenvalue weighted by Gasteiger charge is -2.12. The average Bonchev–Trinajstić information content (AvgIpc) is 2.96. The van der Waals surface area contributed by atoms with E-state index >= 15 is 0 Å². The summed E-state index contributed by atoms with van der Waals surface area (Å²) in [7, 11) is 0. The molecule has 2 N–H and O–H groups in total. The molecular formula is C12H17N3O3S. The van der Waals surface area contributed by atoms with Crippen molar-refractivity contribution in [1.82, 2.24) is 14.9 Å². The minimum atomic E-state index is -0.779. The lowest BCUT2D eigenvalue weighted by Crippen LogP contribution is -2.33. The van der Waals surface area contributed by atoms with Gasteiger partial charge in [-0.3, -0.25) is 9.59 Å². The third-order valence-electron chi connectivity index (χ3n) is 3.38. The second-order valence-corrected chi connectivity index (χ2v) is 5.91. The molecule has 0 spiro atoms. The summed E-state index contributed by atoms with van der Waals surface area (Å²) in [5, 5.41) is 15.8. The number of amides is 1. The summed E-state index contributed by atoms with van der Waals surface area (Å²) in [6.45, 7) is 3.92. The van der Waals surface area contributed by atoms with Crippen molar-refractivity contribution in [2.24, 2.45) is 5.92 Å². The van der Waals surface area contributed by atoms with Gasteiger partial charge in [-0.15, -0.1) is 5.10 Å². The monoisotopic (exact) mass is 283 g/mol. The second-order valence-electron chi connectivity index (χ2n) is 5.16. The highest BCUT2D eigenvalue weighted by molar-refractivity contribution is 7.08. The summed E-state index contributed by atoms with van der Waals surface area (Å²) in [6, 6.07) is -0.0595. The fourth-order valence-electron chi connectivity index (χ4n) is 2.32. The fourth-order valence-corrected chi connectivity index (χ4v) is 3.04. The van der Waals surface area contributed by atoms with Crippen molar-refractivity contribution in [2.75, 3.05) is 0 Å². The van der Waals surface area contributed by atoms with Gasteiger partial charge < -0.3 is 10.4 Å². The van der Waals surface area contributed by atoms with Crippen molar-refractivity contribution < 1.29 is 14.7 Å². The number of aliphatic carboxylic acids is 1. The van der Waals surface area contributed by atoms with E-state index in [9.17, 15) is 9.59 Å². The molecule has 1 fully saturated rings. The Morgan fingerprint density at radius 3 is 2.74 bits per heavy atom. The highest BCUT2D eigenvalue weighted by Crippen LogP contribution is 2.26. The molecule has 1 amide bonds. The Morgan fingerprint density at radius 1 is 1.42 bits per heavy atom. The maximum absolute atomic E-state index is 12.1. The van der Waals surface area contributed by atoms with Gasteiger partial charge in [-0.1, -0.05) is 18.3 Å². The van der Waals surface area contributed by atoms with E-state index in [0.717, 1.165) is 11.5 Å². The zero-order valence-corrected chi connectivity index (χ0v) is 11.7. The van der Waals surface area contributed by atoms with Crippen LogP contribution in [-0.4, -0.2) is 32.6 Å². The number of carboxylic acid groups (broad SMARTS) is 1. The van der Waals surface area contributed by atoms with Crippen LogP contribution in [0.3, 0.4) is 0 Å². The zero-order chi connectivity index (χ0) is 14.0. The maximum Gasteiger partial charge on any atom is 0.306 e. The third kappa shape index (κ3) is 3.09. The maximum atomic E-state index is 12.1. The molecule has 1 heterocycles. The smallest absolute Gasteiger partial charge is 0.306 e. The quantitative estimate of drug-likeness (QED) is 0.876. The molecule has 1 aromatic heterocycles. The van der Waals surface area contributed by atoms with Crippen LogP contribution in [0.2, 0.25) is 0 Å². The molecule has 6 nitrogen and oxygen atoms in total. The third-order valence-corrected chi connectivity index (χ3v) is 4.12. The van der Waals surface area contributed by atoms with Crippen LogP contribution in [0.4, 0.5) is 0 Å². The molecule has 0 unspecified atom stereocenters. The molecule has 0 aliphatic heterocycles. The van der Waals surface area contributed by atoms with Gasteiger partial charge in [0.1, 0.15) is 4.88 Å². The summed E-state index contributed by atoms with van der Waals surface area (Å²) in [4.78, 5) is 23.5. The van der Waals surface area contributed by atoms with Gasteiger partial charge in [0.2, 0.25) is 0 Å². The molecule has 1 saturated carbocycles. The number of carbonyl (C=O) groups excluding carboxylic acids is 1. The second kappa shape index (κ2) is 5.64. The van der Waals surface area contributed by atoms with E-state index in [-0.39, 0.29) is 23.8 Å². The highest BCUT2D eigenvalue weighted by Gasteiger charge is 2.31. The van der Waals surface area contributed by atoms with Crippen molar-refractivity contribution in [3.63, 3.8) is 0 Å². The van der Waals surface area contributed by atoms with E-state index in [1.54, 1.807) is 0 Å². The van der Waals surface area contributed by atoms with Crippen molar-refractivity contribution in [3.8, 4) is 0 Å². The van der Waals surface area contributed by atoms with E-state index in [4.69, 9.17) is 5.11 Å². The number of nitrogens with one attached hydrogen (secondary N) is 1. The Hall–Kier alpha value is -1.50. The fraction of sp³-hybridized carbons (Fsp3) is 0.667. The first-order valence-corrected chi connectivity index (χ1v) is 7.12. The van der Waals surface area contributed by atoms with E-state index in [2.05, 4.69) is 14.9 Å². The minimum absolute atomic E-state index is 0.0595. The van der Waals surface area contributed by atoms with Crippen LogP contribution >= 0.6 is 11.5 Å². The van der Waals surface area contributed by atoms with Gasteiger partial charge in [-0.05, 0) is 36.7 Å². The molecule has 104 valence electrons. The summed E-state index contributed by atoms with van der Waals surface area (Å²) < 4.78 is 3.82. The van der Waals surface area contributed by atoms with Gasteiger partial charge in [0.25, 0.3) is 5.91 Å². The lowest BCUT2D eigenvalue weighted by molar-refractivity contribution is -0.141. The average molecular weight is 283 g/mol. The van der Waals surface area contributed by atoms with Crippen LogP contribution < -0.4 is 5.32 Å². The van der Waals surface area contributed by atoms with E-state index < -0.39 is 5.97 Å². The number of carbonyl (C=O) groups is 2. The van der Waals surface area contributed by atoms with Crippen LogP contribution in [0.1, 0.15) is 54.4 Å². The number of hydrogen-bond acceptors (Lipinski definition) is 5. The van der Waals surface area contributed by atoms with Crippen molar-refractivity contribution in [1.29, 1.82) is 0 Å². The predicted octanol–water partition coefficient (Wildman–Crippen LogP) is 1.64. The molecule has 0 radical (unpaired) electrons. The number of carboxylic acids is 1. The van der Waals surface area contributed by atoms with E-state index in [1.165, 1.54) is 0 Å². The van der Waals surface area contributed by atoms with Crippen LogP contribution in [-0.2, 0) is 4.79 Å². The van der Waals surface area contributed by atoms with Gasteiger partial charge in [-0.25, -0.2) is 0 Å². The molecule has 2 atom stereocenters. The Labute approximate surface area is 115 Å². The molecule has 0 aromatic carbocycles. The number of hydrogen-bond donors (Lipinski definition) is 2. The Bertz CT molecular complexity index is 486. The van der Waals surface area contributed by atoms with E-state index in [0.29, 0.717) is 29.8 Å². The van der Waals surface area contributed by atoms with Gasteiger partial charge in [0.15, 0.2) is 0 Å². The molecule has 1 aliphatic rings. The van der Waals surface area contributed by atoms with Gasteiger partial charge in [-0.2, -0.15) is 0 Å². The largest absolute Gasteiger partial charge is 0.481 e. The molecule has 19 heavy (non-hydrogen) atoms. The van der Waals surface area contributed by atoms with Crippen molar-refractivity contribution in [2.45, 2.75) is 45.1 Å². The minimum Gasteiger partial charge on any atom is -0.481 e. The first-order chi connectivity index (χ1) is 8.99. The zero-order valence-electron chi connectivity index (χ0n) is 10.9. The Balaban J connectivity index is 1.98. The van der Waals surface area contributed by atoms with Crippen molar-refractivity contribution in [3.05, 3.63) is 10.6 Å². The lowest BCUT2D eigenvalue weighted by atomic mass is 10.1. The Kier molecular flexibility index (Phi) is 4.14. The molecule has 7 heteroatoms. The van der Waals surface area contributed by atoms with Crippen LogP contribution in [0, 0.1) is 5.92 Å². The number of nitrogens with zero attached hydrogens (tertiary/aromatic N) is 2. The first-order valence-electron chi connectivity index (χ1n) is 6.35. The molecule has 2 rings (SSSR count). The molecule has 1 aliphatic carbocycles. The normalized spacial score (nSPS) is 22.7. The van der Waals surface area contributed by atoms with Crippen LogP contribution in [0.25, 0.3) is 0 Å². The molecule has 0 bridgehead atoms. The predicted molar refractivity (Wildman–Crippen MR) is 70.2 cm³/mol. The molecular weight excluding hydrogens is 266 g/mol. The standard InChI is InChI=1S/C12H17N3O3S/c1-6(2)9-10(19-15-14-9)11(16)13-8-4-3-7(5-8)12(17)18/h6-8H,3-5H2,1-2H3,(H,13,16)(H,17,18)/t7-,8+/m1/s1. The Morgan fingerprint density at radius 2 is 2.16 bits per heavy atom. The summed E-state index contributed by atoms with van der Waals surface area (Å²) in [5.74, 6) is -1.15. The van der Waals surface area contributed by atoms with Gasteiger partial charge in [0.05, 0.1) is 11.6 Å². The van der Waals surface area contributed by atoms with Gasteiger partial charge >= 0.3 is 5.97 Å². The SMILES string of the molecule is CC(C)c1nnsc1C(=O)N[C@H]1CC[C@@H](C(=O)O)C1. The van der Waals surface area contributed by atoms with Crippen molar-refractivity contribution >= 4 is 23.4 Å². The molecule has 1 aromatic rings. The number of aromatic nitrogens is 2. The van der Waals surface area contributed by atoms with Gasteiger partial charge in [0, 0.05) is 6.04 Å². The van der Waals surface area contributed by atoms with Crippen LogP contribution in [0.15, 0.2) is 0 Å². The summed E-state index contributed by atoms with van der Waals surface area (Å²) >= 11 is 1.09. The summed E-state index contributed by atoms with van der Waals surface area (Å²) in [6.07, 6.45) is 1.84. The topological polar surface area (TPSA) is 92.2 Å². The first kappa shape index (κ1) is 13.9. The number of rotatable bonds is 4. The molecule has 0 saturated heterocycles. The summed E-state index contributed by atoms with van der Waals surface area (Å²) in [5.41, 5.74) is 0.704. The van der Waals surface area contributed by atoms with Crippen LogP contribution in [0.5, 0.6) is 0 Å². The van der Waals surface area contributed by atoms with E-state index in [1.807, 2.05) is 13.8 Å². The highest BCUT2D eigenvalue weighted by atomic mass is 32.1.